The van der Waals surface area contributed by atoms with Crippen molar-refractivity contribution in [2.24, 2.45) is 4.99 Å². The minimum absolute atomic E-state index is 0. The maximum atomic E-state index is 12.9. The summed E-state index contributed by atoms with van der Waals surface area (Å²) in [5.41, 5.74) is 2.94. The standard InChI is InChI=1S/C19H23FN4O.HI/c1-14(25)24-18-9-5-15(6-10-18)11-12-22-19(21-2)23-13-16-3-7-17(20)8-4-16;/h3-10H,11-13H2,1-2H3,(H,24,25)(H2,21,22,23);1H. The van der Waals surface area contributed by atoms with Crippen LogP contribution in [0.3, 0.4) is 0 Å². The van der Waals surface area contributed by atoms with Crippen molar-refractivity contribution in [1.82, 2.24) is 10.6 Å². The molecule has 1 amide bonds. The highest BCUT2D eigenvalue weighted by molar-refractivity contribution is 14.0. The summed E-state index contributed by atoms with van der Waals surface area (Å²) in [4.78, 5) is 15.2. The van der Waals surface area contributed by atoms with Gasteiger partial charge in [0.1, 0.15) is 5.82 Å². The van der Waals surface area contributed by atoms with E-state index >= 15 is 0 Å². The van der Waals surface area contributed by atoms with Gasteiger partial charge in [-0.2, -0.15) is 0 Å². The highest BCUT2D eigenvalue weighted by Gasteiger charge is 2.00. The Bertz CT molecular complexity index is 717. The first-order valence-corrected chi connectivity index (χ1v) is 8.12. The molecule has 5 nitrogen and oxygen atoms in total. The molecule has 0 aliphatic heterocycles. The lowest BCUT2D eigenvalue weighted by molar-refractivity contribution is -0.114. The lowest BCUT2D eigenvalue weighted by Gasteiger charge is -2.12. The summed E-state index contributed by atoms with van der Waals surface area (Å²) in [5, 5.41) is 9.18. The Labute approximate surface area is 170 Å². The van der Waals surface area contributed by atoms with Crippen LogP contribution in [-0.4, -0.2) is 25.5 Å². The zero-order valence-electron chi connectivity index (χ0n) is 14.9. The second-order valence-electron chi connectivity index (χ2n) is 5.61. The molecule has 0 unspecified atom stereocenters. The van der Waals surface area contributed by atoms with Gasteiger partial charge in [0, 0.05) is 32.7 Å². The Hall–Kier alpha value is -2.16. The predicted molar refractivity (Wildman–Crippen MR) is 114 cm³/mol. The van der Waals surface area contributed by atoms with Crippen LogP contribution >= 0.6 is 24.0 Å². The summed E-state index contributed by atoms with van der Waals surface area (Å²) in [6.45, 7) is 2.79. The smallest absolute Gasteiger partial charge is 0.221 e. The first kappa shape index (κ1) is 21.9. The zero-order chi connectivity index (χ0) is 18.1. The number of nitrogens with zero attached hydrogens (tertiary/aromatic N) is 1. The van der Waals surface area contributed by atoms with Gasteiger partial charge in [-0.3, -0.25) is 9.79 Å². The second-order valence-corrected chi connectivity index (χ2v) is 5.61. The van der Waals surface area contributed by atoms with Gasteiger partial charge >= 0.3 is 0 Å². The maximum absolute atomic E-state index is 12.9. The van der Waals surface area contributed by atoms with E-state index in [0.29, 0.717) is 12.5 Å². The highest BCUT2D eigenvalue weighted by atomic mass is 127. The van der Waals surface area contributed by atoms with Crippen LogP contribution in [-0.2, 0) is 17.8 Å². The van der Waals surface area contributed by atoms with Crippen LogP contribution in [0.2, 0.25) is 0 Å². The fraction of sp³-hybridized carbons (Fsp3) is 0.263. The normalized spacial score (nSPS) is 10.7. The van der Waals surface area contributed by atoms with Crippen LogP contribution in [0.4, 0.5) is 10.1 Å². The molecular weight excluding hydrogens is 446 g/mol. The average molecular weight is 470 g/mol. The number of benzene rings is 2. The van der Waals surface area contributed by atoms with E-state index in [0.717, 1.165) is 29.8 Å². The zero-order valence-corrected chi connectivity index (χ0v) is 17.2. The van der Waals surface area contributed by atoms with Crippen LogP contribution < -0.4 is 16.0 Å². The van der Waals surface area contributed by atoms with Crippen LogP contribution in [0, 0.1) is 5.82 Å². The number of aliphatic imine (C=N–C) groups is 1. The molecule has 7 heteroatoms. The monoisotopic (exact) mass is 470 g/mol. The lowest BCUT2D eigenvalue weighted by atomic mass is 10.1. The van der Waals surface area contributed by atoms with Crippen molar-refractivity contribution < 1.29 is 9.18 Å². The minimum atomic E-state index is -0.240. The number of carbonyl (C=O) groups excluding carboxylic acids is 1. The lowest BCUT2D eigenvalue weighted by Crippen LogP contribution is -2.37. The first-order chi connectivity index (χ1) is 12.1. The van der Waals surface area contributed by atoms with Crippen LogP contribution in [0.15, 0.2) is 53.5 Å². The van der Waals surface area contributed by atoms with Gasteiger partial charge in [-0.25, -0.2) is 4.39 Å². The van der Waals surface area contributed by atoms with E-state index < -0.39 is 0 Å². The van der Waals surface area contributed by atoms with Crippen LogP contribution in [0.5, 0.6) is 0 Å². The molecule has 0 atom stereocenters. The van der Waals surface area contributed by atoms with Crippen molar-refractivity contribution in [2.75, 3.05) is 18.9 Å². The summed E-state index contributed by atoms with van der Waals surface area (Å²) < 4.78 is 12.9. The topological polar surface area (TPSA) is 65.5 Å². The summed E-state index contributed by atoms with van der Waals surface area (Å²) in [6.07, 6.45) is 0.831. The molecule has 140 valence electrons. The van der Waals surface area contributed by atoms with Crippen molar-refractivity contribution >= 4 is 41.5 Å². The maximum Gasteiger partial charge on any atom is 0.221 e. The third kappa shape index (κ3) is 7.81. The van der Waals surface area contributed by atoms with E-state index in [1.54, 1.807) is 19.2 Å². The molecule has 2 rings (SSSR count). The number of hydrogen-bond donors (Lipinski definition) is 3. The predicted octanol–water partition coefficient (Wildman–Crippen LogP) is 3.31. The third-order valence-electron chi connectivity index (χ3n) is 3.58. The number of anilines is 1. The average Bonchev–Trinajstić information content (AvgIpc) is 2.60. The molecule has 3 N–H and O–H groups in total. The number of amides is 1. The minimum Gasteiger partial charge on any atom is -0.356 e. The molecule has 0 radical (unpaired) electrons. The van der Waals surface area contributed by atoms with Gasteiger partial charge in [0.2, 0.25) is 5.91 Å². The molecule has 0 aliphatic carbocycles. The molecule has 2 aromatic rings. The summed E-state index contributed by atoms with van der Waals surface area (Å²) in [6, 6.07) is 14.1. The van der Waals surface area contributed by atoms with E-state index in [9.17, 15) is 9.18 Å². The fourth-order valence-electron chi connectivity index (χ4n) is 2.29. The van der Waals surface area contributed by atoms with Crippen LogP contribution in [0.1, 0.15) is 18.1 Å². The number of guanidine groups is 1. The van der Waals surface area contributed by atoms with Crippen molar-refractivity contribution in [3.05, 3.63) is 65.5 Å². The largest absolute Gasteiger partial charge is 0.356 e. The SMILES string of the molecule is CN=C(NCCc1ccc(NC(C)=O)cc1)NCc1ccc(F)cc1.I. The molecule has 26 heavy (non-hydrogen) atoms. The molecule has 0 spiro atoms. The van der Waals surface area contributed by atoms with Crippen LogP contribution in [0.25, 0.3) is 0 Å². The highest BCUT2D eigenvalue weighted by Crippen LogP contribution is 2.09. The van der Waals surface area contributed by atoms with E-state index in [2.05, 4.69) is 20.9 Å². The molecule has 0 aromatic heterocycles. The summed E-state index contributed by atoms with van der Waals surface area (Å²) in [5.74, 6) is 0.375. The first-order valence-electron chi connectivity index (χ1n) is 8.12. The van der Waals surface area contributed by atoms with Gasteiger partial charge in [-0.15, -0.1) is 24.0 Å². The molecule has 0 fully saturated rings. The fourth-order valence-corrected chi connectivity index (χ4v) is 2.29. The number of rotatable bonds is 6. The Morgan fingerprint density at radius 3 is 2.19 bits per heavy atom. The van der Waals surface area contributed by atoms with Gasteiger partial charge in [0.25, 0.3) is 0 Å². The number of hydrogen-bond acceptors (Lipinski definition) is 2. The molecule has 0 bridgehead atoms. The Morgan fingerprint density at radius 1 is 1.00 bits per heavy atom. The van der Waals surface area contributed by atoms with E-state index in [4.69, 9.17) is 0 Å². The van der Waals surface area contributed by atoms with Crippen molar-refractivity contribution in [3.63, 3.8) is 0 Å². The number of nitrogens with one attached hydrogen (secondary N) is 3. The Balaban J connectivity index is 0.00000338. The quantitative estimate of drug-likeness (QED) is 0.345. The molecule has 0 saturated carbocycles. The molecule has 0 aliphatic rings. The van der Waals surface area contributed by atoms with E-state index in [-0.39, 0.29) is 35.7 Å². The molecule has 0 saturated heterocycles. The van der Waals surface area contributed by atoms with Crippen molar-refractivity contribution in [2.45, 2.75) is 19.9 Å². The van der Waals surface area contributed by atoms with Gasteiger partial charge in [0.15, 0.2) is 5.96 Å². The number of carbonyl (C=O) groups is 1. The van der Waals surface area contributed by atoms with Gasteiger partial charge in [0.05, 0.1) is 0 Å². The van der Waals surface area contributed by atoms with Gasteiger partial charge in [-0.1, -0.05) is 24.3 Å². The van der Waals surface area contributed by atoms with Crippen molar-refractivity contribution in [3.8, 4) is 0 Å². The second kappa shape index (κ2) is 11.5. The van der Waals surface area contributed by atoms with E-state index in [1.807, 2.05) is 24.3 Å². The number of halogens is 2. The van der Waals surface area contributed by atoms with Gasteiger partial charge < -0.3 is 16.0 Å². The Morgan fingerprint density at radius 2 is 1.62 bits per heavy atom. The Kier molecular flexibility index (Phi) is 9.64. The third-order valence-corrected chi connectivity index (χ3v) is 3.58. The summed E-state index contributed by atoms with van der Waals surface area (Å²) >= 11 is 0. The van der Waals surface area contributed by atoms with Gasteiger partial charge in [-0.05, 0) is 41.8 Å². The molecule has 2 aromatic carbocycles. The van der Waals surface area contributed by atoms with E-state index in [1.165, 1.54) is 19.1 Å². The van der Waals surface area contributed by atoms with Crippen molar-refractivity contribution in [1.29, 1.82) is 0 Å². The summed E-state index contributed by atoms with van der Waals surface area (Å²) in [7, 11) is 1.71. The molecule has 0 heterocycles. The molecular formula is C19H24FIN4O.